The van der Waals surface area contributed by atoms with Gasteiger partial charge in [-0.3, -0.25) is 19.2 Å². The molecule has 5 rings (SSSR count). The number of carbonyl (C=O) groups is 4. The number of anilines is 1. The van der Waals surface area contributed by atoms with Gasteiger partial charge in [-0.1, -0.05) is 12.1 Å². The first kappa shape index (κ1) is 27.3. The van der Waals surface area contributed by atoms with E-state index in [0.29, 0.717) is 6.07 Å². The van der Waals surface area contributed by atoms with Gasteiger partial charge >= 0.3 is 6.18 Å². The summed E-state index contributed by atoms with van der Waals surface area (Å²) in [6.45, 7) is 0. The molecule has 0 aromatic heterocycles. The van der Waals surface area contributed by atoms with Crippen molar-refractivity contribution in [2.24, 2.45) is 17.1 Å². The minimum absolute atomic E-state index is 0.100. The fourth-order valence-corrected chi connectivity index (χ4v) is 6.09. The van der Waals surface area contributed by atoms with Gasteiger partial charge in [0, 0.05) is 17.9 Å². The second-order valence-corrected chi connectivity index (χ2v) is 10.4. The van der Waals surface area contributed by atoms with Gasteiger partial charge in [-0.2, -0.15) is 13.2 Å². The monoisotopic (exact) mass is 560 g/mol. The molecule has 13 heteroatoms. The maximum Gasteiger partial charge on any atom is 0.416 e. The molecule has 2 amide bonds. The van der Waals surface area contributed by atoms with E-state index in [2.05, 4.69) is 5.32 Å². The topological polar surface area (TPSA) is 187 Å². The highest BCUT2D eigenvalue weighted by molar-refractivity contribution is 6.19. The number of hydrogen-bond acceptors (Lipinski definition) is 8. The van der Waals surface area contributed by atoms with Crippen LogP contribution in [0.15, 0.2) is 47.7 Å². The van der Waals surface area contributed by atoms with Crippen molar-refractivity contribution < 1.29 is 52.8 Å². The Balaban J connectivity index is 1.58. The number of amides is 2. The number of primary amides is 1. The number of benzene rings is 2. The highest BCUT2D eigenvalue weighted by Crippen LogP contribution is 2.56. The van der Waals surface area contributed by atoms with Crippen molar-refractivity contribution in [3.63, 3.8) is 0 Å². The van der Waals surface area contributed by atoms with Gasteiger partial charge in [0.25, 0.3) is 5.91 Å². The van der Waals surface area contributed by atoms with E-state index in [1.165, 1.54) is 12.1 Å². The van der Waals surface area contributed by atoms with Gasteiger partial charge in [0.1, 0.15) is 5.76 Å². The largest absolute Gasteiger partial charge is 0.508 e. The number of fused-ring (bicyclic) bond motifs is 3. The Morgan fingerprint density at radius 2 is 1.80 bits per heavy atom. The number of carbonyl (C=O) groups excluding carboxylic acids is 4. The first-order chi connectivity index (χ1) is 18.6. The number of nitrogens with one attached hydrogen (secondary N) is 1. The van der Waals surface area contributed by atoms with Crippen LogP contribution >= 0.6 is 0 Å². The van der Waals surface area contributed by atoms with Gasteiger partial charge in [0.2, 0.25) is 5.91 Å². The van der Waals surface area contributed by atoms with E-state index in [4.69, 9.17) is 5.73 Å². The van der Waals surface area contributed by atoms with Gasteiger partial charge in [0.15, 0.2) is 22.9 Å². The van der Waals surface area contributed by atoms with E-state index in [9.17, 15) is 52.8 Å². The Morgan fingerprint density at radius 3 is 2.45 bits per heavy atom. The SMILES string of the molecule is NC(=O)C12Cc3ccc(NC(=O)c4cccc(C(F)(F)F)c4)c(O)c3C(=O)C1=C(O)C1(O)C(=O)CC(O)CC1C2. The van der Waals surface area contributed by atoms with Crippen molar-refractivity contribution in [2.45, 2.75) is 43.6 Å². The summed E-state index contributed by atoms with van der Waals surface area (Å²) in [6, 6.07) is 6.01. The zero-order chi connectivity index (χ0) is 29.4. The molecule has 10 nitrogen and oxygen atoms in total. The molecule has 0 radical (unpaired) electrons. The molecule has 0 saturated heterocycles. The number of phenols is 1. The number of rotatable bonds is 3. The van der Waals surface area contributed by atoms with E-state index in [0.717, 1.165) is 18.2 Å². The van der Waals surface area contributed by atoms with Crippen LogP contribution in [0.4, 0.5) is 18.9 Å². The minimum atomic E-state index is -4.71. The molecule has 4 atom stereocenters. The third-order valence-electron chi connectivity index (χ3n) is 8.05. The van der Waals surface area contributed by atoms with Crippen molar-refractivity contribution in [1.29, 1.82) is 0 Å². The Hall–Kier alpha value is -4.23. The van der Waals surface area contributed by atoms with Crippen LogP contribution in [0.1, 0.15) is 51.1 Å². The molecular formula is C27H23F3N2O8. The molecule has 7 N–H and O–H groups in total. The maximum atomic E-state index is 13.7. The van der Waals surface area contributed by atoms with Crippen molar-refractivity contribution in [3.05, 3.63) is 70.0 Å². The fraction of sp³-hybridized carbons (Fsp3) is 0.333. The average molecular weight is 560 g/mol. The number of aliphatic hydroxyl groups is 3. The third kappa shape index (κ3) is 3.87. The molecule has 210 valence electrons. The summed E-state index contributed by atoms with van der Waals surface area (Å²) in [4.78, 5) is 52.0. The summed E-state index contributed by atoms with van der Waals surface area (Å²) in [7, 11) is 0. The normalized spacial score (nSPS) is 27.9. The third-order valence-corrected chi connectivity index (χ3v) is 8.05. The van der Waals surface area contributed by atoms with Gasteiger partial charge < -0.3 is 31.5 Å². The van der Waals surface area contributed by atoms with Crippen LogP contribution in [0.25, 0.3) is 0 Å². The van der Waals surface area contributed by atoms with Crippen molar-refractivity contribution in [3.8, 4) is 5.75 Å². The number of ketones is 2. The Morgan fingerprint density at radius 1 is 1.10 bits per heavy atom. The molecule has 3 aliphatic carbocycles. The highest BCUT2D eigenvalue weighted by atomic mass is 19.4. The van der Waals surface area contributed by atoms with Gasteiger partial charge in [0.05, 0.1) is 33.9 Å². The van der Waals surface area contributed by atoms with E-state index in [-0.39, 0.29) is 36.1 Å². The number of Topliss-reactive ketones (excluding diaryl/α,β-unsaturated/α-hetero) is 2. The van der Waals surface area contributed by atoms with Crippen LogP contribution in [-0.2, 0) is 22.2 Å². The van der Waals surface area contributed by atoms with Gasteiger partial charge in [-0.15, -0.1) is 0 Å². The van der Waals surface area contributed by atoms with Crippen LogP contribution in [0, 0.1) is 11.3 Å². The summed E-state index contributed by atoms with van der Waals surface area (Å²) >= 11 is 0. The van der Waals surface area contributed by atoms with Crippen molar-refractivity contribution >= 4 is 29.1 Å². The van der Waals surface area contributed by atoms with E-state index < -0.39 is 87.2 Å². The lowest BCUT2D eigenvalue weighted by molar-refractivity contribution is -0.159. The van der Waals surface area contributed by atoms with Crippen LogP contribution in [-0.4, -0.2) is 55.5 Å². The lowest BCUT2D eigenvalue weighted by Crippen LogP contribution is -2.62. The maximum absolute atomic E-state index is 13.7. The molecule has 0 bridgehead atoms. The number of phenolic OH excluding ortho intramolecular Hbond substituents is 1. The van der Waals surface area contributed by atoms with Crippen molar-refractivity contribution in [1.82, 2.24) is 0 Å². The fourth-order valence-electron chi connectivity index (χ4n) is 6.09. The second kappa shape index (κ2) is 8.89. The first-order valence-electron chi connectivity index (χ1n) is 12.2. The van der Waals surface area contributed by atoms with Gasteiger partial charge in [-0.25, -0.2) is 0 Å². The lowest BCUT2D eigenvalue weighted by atomic mass is 9.53. The smallest absolute Gasteiger partial charge is 0.416 e. The predicted octanol–water partition coefficient (Wildman–Crippen LogP) is 2.16. The molecule has 40 heavy (non-hydrogen) atoms. The van der Waals surface area contributed by atoms with E-state index >= 15 is 0 Å². The number of alkyl halides is 3. The van der Waals surface area contributed by atoms with Crippen LogP contribution < -0.4 is 11.1 Å². The summed E-state index contributed by atoms with van der Waals surface area (Å²) in [6.07, 6.45) is -7.18. The second-order valence-electron chi connectivity index (χ2n) is 10.4. The number of halogens is 3. The molecule has 0 spiro atoms. The number of nitrogens with two attached hydrogens (primary N) is 1. The molecular weight excluding hydrogens is 537 g/mol. The van der Waals surface area contributed by atoms with Crippen LogP contribution in [0.3, 0.4) is 0 Å². The predicted molar refractivity (Wildman–Crippen MR) is 130 cm³/mol. The number of aliphatic hydroxyl groups excluding tert-OH is 2. The summed E-state index contributed by atoms with van der Waals surface area (Å²) in [5, 5.41) is 45.7. The van der Waals surface area contributed by atoms with Crippen molar-refractivity contribution in [2.75, 3.05) is 5.32 Å². The minimum Gasteiger partial charge on any atom is -0.508 e. The van der Waals surface area contributed by atoms with Crippen LogP contribution in [0.2, 0.25) is 0 Å². The molecule has 0 aliphatic heterocycles. The Kier molecular flexibility index (Phi) is 6.08. The van der Waals surface area contributed by atoms with E-state index in [1.807, 2.05) is 0 Å². The van der Waals surface area contributed by atoms with Gasteiger partial charge in [-0.05, 0) is 49.1 Å². The average Bonchev–Trinajstić information content (AvgIpc) is 2.87. The lowest BCUT2D eigenvalue weighted by Gasteiger charge is -2.51. The first-order valence-corrected chi connectivity index (χ1v) is 12.2. The Bertz CT molecular complexity index is 1530. The number of aromatic hydroxyl groups is 1. The standard InChI is InChI=1S/C27H23F3N2O8/c28-27(29,30)13-3-1-2-11(6-13)23(38)32-16-5-4-12-9-25(24(31)39)10-14-7-15(33)8-17(34)26(14,40)22(37)19(25)21(36)18(12)20(16)35/h1-6,14-15,33,35,37,40H,7-10H2,(H2,31,39)(H,32,38). The zero-order valence-corrected chi connectivity index (χ0v) is 20.6. The Labute approximate surface area is 223 Å². The zero-order valence-electron chi connectivity index (χ0n) is 20.6. The summed E-state index contributed by atoms with van der Waals surface area (Å²) in [5.41, 5.74) is -1.58. The molecule has 2 aromatic carbocycles. The highest BCUT2D eigenvalue weighted by Gasteiger charge is 2.64. The molecule has 3 aliphatic rings. The number of hydrogen-bond donors (Lipinski definition) is 6. The molecule has 0 heterocycles. The molecule has 4 unspecified atom stereocenters. The summed E-state index contributed by atoms with van der Waals surface area (Å²) < 4.78 is 39.2. The van der Waals surface area contributed by atoms with Crippen LogP contribution in [0.5, 0.6) is 5.75 Å². The molecule has 1 saturated carbocycles. The molecule has 1 fully saturated rings. The quantitative estimate of drug-likeness (QED) is 0.308. The van der Waals surface area contributed by atoms with E-state index in [1.54, 1.807) is 0 Å². The molecule has 2 aromatic rings. The summed E-state index contributed by atoms with van der Waals surface area (Å²) in [5.74, 6) is -7.17.